The first-order valence-electron chi connectivity index (χ1n) is 7.22. The highest BCUT2D eigenvalue weighted by atomic mass is 32.1. The molecule has 0 aliphatic heterocycles. The van der Waals surface area contributed by atoms with Crippen LogP contribution in [0.4, 0.5) is 5.69 Å². The van der Waals surface area contributed by atoms with Crippen molar-refractivity contribution in [3.8, 4) is 0 Å². The number of hydrogen-bond acceptors (Lipinski definition) is 2. The molecule has 0 fully saturated rings. The van der Waals surface area contributed by atoms with Gasteiger partial charge < -0.3 is 5.32 Å². The van der Waals surface area contributed by atoms with E-state index < -0.39 is 0 Å². The Balaban J connectivity index is 2.02. The maximum atomic E-state index is 5.28. The van der Waals surface area contributed by atoms with Crippen LogP contribution in [0.3, 0.4) is 0 Å². The first kappa shape index (κ1) is 16.2. The van der Waals surface area contributed by atoms with Crippen molar-refractivity contribution in [2.24, 2.45) is 5.10 Å². The summed E-state index contributed by atoms with van der Waals surface area (Å²) in [5.41, 5.74) is 9.55. The lowest BCUT2D eigenvalue weighted by molar-refractivity contribution is 1.04. The van der Waals surface area contributed by atoms with Crippen molar-refractivity contribution in [2.75, 3.05) is 5.32 Å². The second-order valence-electron chi connectivity index (χ2n) is 5.38. The summed E-state index contributed by atoms with van der Waals surface area (Å²) in [5, 5.41) is 7.99. The summed E-state index contributed by atoms with van der Waals surface area (Å²) < 4.78 is 0. The maximum Gasteiger partial charge on any atom is 0.191 e. The van der Waals surface area contributed by atoms with Crippen LogP contribution in [0.5, 0.6) is 0 Å². The van der Waals surface area contributed by atoms with E-state index in [9.17, 15) is 0 Å². The van der Waals surface area contributed by atoms with Crippen LogP contribution in [0.25, 0.3) is 0 Å². The van der Waals surface area contributed by atoms with Crippen molar-refractivity contribution in [3.63, 3.8) is 0 Å². The molecule has 2 rings (SSSR count). The third-order valence-electron chi connectivity index (χ3n) is 3.64. The van der Waals surface area contributed by atoms with Crippen molar-refractivity contribution in [2.45, 2.75) is 27.7 Å². The van der Waals surface area contributed by atoms with Gasteiger partial charge in [0.2, 0.25) is 0 Å². The van der Waals surface area contributed by atoms with E-state index in [1.807, 2.05) is 38.1 Å². The first-order chi connectivity index (χ1) is 10.5. The molecule has 0 spiro atoms. The fraction of sp³-hybridized carbons (Fsp3) is 0.222. The molecule has 0 aliphatic rings. The summed E-state index contributed by atoms with van der Waals surface area (Å²) in [5.74, 6) is 0. The number of rotatable bonds is 3. The van der Waals surface area contributed by atoms with E-state index >= 15 is 0 Å². The van der Waals surface area contributed by atoms with Gasteiger partial charge in [0, 0.05) is 5.69 Å². The van der Waals surface area contributed by atoms with Crippen LogP contribution in [-0.4, -0.2) is 10.8 Å². The van der Waals surface area contributed by atoms with E-state index in [1.54, 1.807) is 0 Å². The minimum Gasteiger partial charge on any atom is -0.331 e. The molecule has 0 heterocycles. The van der Waals surface area contributed by atoms with Crippen LogP contribution in [0, 0.1) is 20.8 Å². The van der Waals surface area contributed by atoms with Crippen LogP contribution >= 0.6 is 12.2 Å². The zero-order valence-electron chi connectivity index (χ0n) is 13.4. The smallest absolute Gasteiger partial charge is 0.191 e. The SMILES string of the molecule is CC(=NNC(=S)Nc1ccccc1C)c1ccc(C)c(C)c1. The highest BCUT2D eigenvalue weighted by Crippen LogP contribution is 2.13. The van der Waals surface area contributed by atoms with Gasteiger partial charge in [-0.2, -0.15) is 5.10 Å². The molecule has 114 valence electrons. The average molecular weight is 311 g/mol. The highest BCUT2D eigenvalue weighted by molar-refractivity contribution is 7.80. The summed E-state index contributed by atoms with van der Waals surface area (Å²) in [7, 11) is 0. The summed E-state index contributed by atoms with van der Waals surface area (Å²) in [6.07, 6.45) is 0. The van der Waals surface area contributed by atoms with Crippen molar-refractivity contribution >= 4 is 28.7 Å². The number of nitrogens with one attached hydrogen (secondary N) is 2. The third-order valence-corrected chi connectivity index (χ3v) is 3.84. The number of thiocarbonyl (C=S) groups is 1. The molecule has 0 unspecified atom stereocenters. The average Bonchev–Trinajstić information content (AvgIpc) is 2.50. The molecule has 22 heavy (non-hydrogen) atoms. The second kappa shape index (κ2) is 7.18. The lowest BCUT2D eigenvalue weighted by atomic mass is 10.0. The number of benzene rings is 2. The molecule has 2 N–H and O–H groups in total. The molecule has 0 atom stereocenters. The van der Waals surface area contributed by atoms with Gasteiger partial charge in [0.05, 0.1) is 5.71 Å². The predicted molar refractivity (Wildman–Crippen MR) is 98.7 cm³/mol. The number of aryl methyl sites for hydroxylation is 3. The van der Waals surface area contributed by atoms with Gasteiger partial charge in [-0.15, -0.1) is 0 Å². The quantitative estimate of drug-likeness (QED) is 0.503. The normalized spacial score (nSPS) is 11.2. The largest absolute Gasteiger partial charge is 0.331 e. The molecule has 0 aromatic heterocycles. The van der Waals surface area contributed by atoms with E-state index in [0.717, 1.165) is 22.5 Å². The van der Waals surface area contributed by atoms with Crippen LogP contribution in [0.1, 0.15) is 29.2 Å². The Kier molecular flexibility index (Phi) is 5.28. The van der Waals surface area contributed by atoms with Crippen LogP contribution in [0.2, 0.25) is 0 Å². The van der Waals surface area contributed by atoms with Gasteiger partial charge in [0.1, 0.15) is 0 Å². The molecular weight excluding hydrogens is 290 g/mol. The standard InChI is InChI=1S/C18H21N3S/c1-12-9-10-16(11-14(12)3)15(4)20-21-18(22)19-17-8-6-5-7-13(17)2/h5-11H,1-4H3,(H2,19,21,22). The molecular formula is C18H21N3S. The molecule has 0 saturated carbocycles. The maximum absolute atomic E-state index is 5.28. The van der Waals surface area contributed by atoms with Crippen LogP contribution < -0.4 is 10.7 Å². The molecule has 0 saturated heterocycles. The Morgan fingerprint density at radius 1 is 0.955 bits per heavy atom. The monoisotopic (exact) mass is 311 g/mol. The zero-order chi connectivity index (χ0) is 16.1. The van der Waals surface area contributed by atoms with Gasteiger partial charge in [0.15, 0.2) is 5.11 Å². The van der Waals surface area contributed by atoms with Gasteiger partial charge in [-0.3, -0.25) is 5.43 Å². The third kappa shape index (κ3) is 4.15. The second-order valence-corrected chi connectivity index (χ2v) is 5.79. The fourth-order valence-corrected chi connectivity index (χ4v) is 2.18. The summed E-state index contributed by atoms with van der Waals surface area (Å²) in [6.45, 7) is 8.21. The Bertz CT molecular complexity index is 720. The molecule has 3 nitrogen and oxygen atoms in total. The highest BCUT2D eigenvalue weighted by Gasteiger charge is 2.02. The van der Waals surface area contributed by atoms with Gasteiger partial charge in [0.25, 0.3) is 0 Å². The van der Waals surface area contributed by atoms with Gasteiger partial charge in [-0.1, -0.05) is 30.3 Å². The van der Waals surface area contributed by atoms with Gasteiger partial charge >= 0.3 is 0 Å². The molecule has 0 radical (unpaired) electrons. The number of para-hydroxylation sites is 1. The molecule has 2 aromatic carbocycles. The Hall–Kier alpha value is -2.20. The van der Waals surface area contributed by atoms with Crippen molar-refractivity contribution in [1.29, 1.82) is 0 Å². The number of anilines is 1. The minimum absolute atomic E-state index is 0.484. The Morgan fingerprint density at radius 2 is 1.68 bits per heavy atom. The van der Waals surface area contributed by atoms with Crippen molar-refractivity contribution in [1.82, 2.24) is 5.43 Å². The van der Waals surface area contributed by atoms with Crippen molar-refractivity contribution < 1.29 is 0 Å². The lowest BCUT2D eigenvalue weighted by Gasteiger charge is -2.10. The van der Waals surface area contributed by atoms with Crippen LogP contribution in [-0.2, 0) is 0 Å². The van der Waals surface area contributed by atoms with Gasteiger partial charge in [-0.05, 0) is 74.3 Å². The first-order valence-corrected chi connectivity index (χ1v) is 7.62. The molecule has 0 bridgehead atoms. The molecule has 2 aromatic rings. The summed E-state index contributed by atoms with van der Waals surface area (Å²) >= 11 is 5.28. The van der Waals surface area contributed by atoms with E-state index in [4.69, 9.17) is 12.2 Å². The van der Waals surface area contributed by atoms with Gasteiger partial charge in [-0.25, -0.2) is 0 Å². The Morgan fingerprint density at radius 3 is 2.36 bits per heavy atom. The molecule has 0 amide bonds. The zero-order valence-corrected chi connectivity index (χ0v) is 14.2. The summed E-state index contributed by atoms with van der Waals surface area (Å²) in [4.78, 5) is 0. The van der Waals surface area contributed by atoms with E-state index in [1.165, 1.54) is 11.1 Å². The number of hydrogen-bond donors (Lipinski definition) is 2. The predicted octanol–water partition coefficient (Wildman–Crippen LogP) is 4.32. The minimum atomic E-state index is 0.484. The lowest BCUT2D eigenvalue weighted by Crippen LogP contribution is -2.25. The molecule has 4 heteroatoms. The number of nitrogens with zero attached hydrogens (tertiary/aromatic N) is 1. The van der Waals surface area contributed by atoms with Crippen molar-refractivity contribution in [3.05, 3.63) is 64.7 Å². The number of hydrazone groups is 1. The fourth-order valence-electron chi connectivity index (χ4n) is 2.03. The van der Waals surface area contributed by atoms with E-state index in [2.05, 4.69) is 47.9 Å². The molecule has 0 aliphatic carbocycles. The van der Waals surface area contributed by atoms with E-state index in [0.29, 0.717) is 5.11 Å². The topological polar surface area (TPSA) is 36.4 Å². The Labute approximate surface area is 137 Å². The van der Waals surface area contributed by atoms with E-state index in [-0.39, 0.29) is 0 Å². The van der Waals surface area contributed by atoms with Crippen LogP contribution in [0.15, 0.2) is 47.6 Å². The summed E-state index contributed by atoms with van der Waals surface area (Å²) in [6, 6.07) is 14.3.